The number of carbonyl (C=O) groups is 1. The molecule has 0 N–H and O–H groups in total. The minimum atomic E-state index is -0.338. The van der Waals surface area contributed by atoms with Crippen molar-refractivity contribution in [1.82, 2.24) is 4.90 Å². The van der Waals surface area contributed by atoms with Gasteiger partial charge in [0, 0.05) is 18.0 Å². The number of carbonyl (C=O) groups excluding carboxylic acids is 1. The molecular formula is C16H20FNO2. The van der Waals surface area contributed by atoms with Crippen LogP contribution < -0.4 is 0 Å². The number of hydrogen-bond acceptors (Lipinski definition) is 2. The molecule has 0 radical (unpaired) electrons. The van der Waals surface area contributed by atoms with Gasteiger partial charge in [-0.2, -0.15) is 0 Å². The van der Waals surface area contributed by atoms with Gasteiger partial charge in [-0.25, -0.2) is 4.39 Å². The van der Waals surface area contributed by atoms with Gasteiger partial charge in [0.15, 0.2) is 0 Å². The van der Waals surface area contributed by atoms with Crippen molar-refractivity contribution in [1.29, 1.82) is 0 Å². The van der Waals surface area contributed by atoms with Crippen LogP contribution in [0.25, 0.3) is 0 Å². The van der Waals surface area contributed by atoms with E-state index in [9.17, 15) is 9.18 Å². The summed E-state index contributed by atoms with van der Waals surface area (Å²) in [5.41, 5.74) is 0.552. The number of benzene rings is 1. The molecule has 20 heavy (non-hydrogen) atoms. The molecule has 4 heteroatoms. The summed E-state index contributed by atoms with van der Waals surface area (Å²) < 4.78 is 19.5. The highest BCUT2D eigenvalue weighted by Gasteiger charge is 2.32. The number of rotatable bonds is 2. The third kappa shape index (κ3) is 2.70. The van der Waals surface area contributed by atoms with Crippen molar-refractivity contribution in [3.05, 3.63) is 35.6 Å². The average Bonchev–Trinajstić information content (AvgIpc) is 3.01. The van der Waals surface area contributed by atoms with Gasteiger partial charge in [0.25, 0.3) is 0 Å². The van der Waals surface area contributed by atoms with Crippen molar-refractivity contribution in [2.24, 2.45) is 5.92 Å². The molecule has 2 aliphatic rings. The predicted molar refractivity (Wildman–Crippen MR) is 73.6 cm³/mol. The fourth-order valence-corrected chi connectivity index (χ4v) is 3.20. The number of hydrogen-bond donors (Lipinski definition) is 0. The maximum Gasteiger partial charge on any atom is 0.225 e. The standard InChI is InChI=1S/C16H20FNO2/c17-14-8-4-3-7-13(14)15-11-18(9-10-20-15)16(19)12-5-1-2-6-12/h3-4,7-8,12,15H,1-2,5-6,9-11H2/t15-/m1/s1. The Morgan fingerprint density at radius 1 is 1.25 bits per heavy atom. The zero-order chi connectivity index (χ0) is 13.9. The minimum absolute atomic E-state index is 0.175. The Labute approximate surface area is 118 Å². The quantitative estimate of drug-likeness (QED) is 0.832. The van der Waals surface area contributed by atoms with Crippen LogP contribution in [0.5, 0.6) is 0 Å². The topological polar surface area (TPSA) is 29.5 Å². The van der Waals surface area contributed by atoms with Gasteiger partial charge in [0.1, 0.15) is 11.9 Å². The molecule has 1 aliphatic carbocycles. The van der Waals surface area contributed by atoms with E-state index < -0.39 is 0 Å². The van der Waals surface area contributed by atoms with Crippen LogP contribution in [0.1, 0.15) is 37.4 Å². The number of ether oxygens (including phenoxy) is 1. The molecule has 3 nitrogen and oxygen atoms in total. The van der Waals surface area contributed by atoms with Crippen molar-refractivity contribution < 1.29 is 13.9 Å². The van der Waals surface area contributed by atoms with E-state index in [1.54, 1.807) is 18.2 Å². The van der Waals surface area contributed by atoms with Gasteiger partial charge in [0.2, 0.25) is 5.91 Å². The SMILES string of the molecule is O=C(C1CCCC1)N1CCO[C@@H](c2ccccc2F)C1. The lowest BCUT2D eigenvalue weighted by atomic mass is 10.0. The van der Waals surface area contributed by atoms with Crippen LogP contribution in [-0.4, -0.2) is 30.5 Å². The Morgan fingerprint density at radius 2 is 2.00 bits per heavy atom. The van der Waals surface area contributed by atoms with Crippen LogP contribution in [-0.2, 0) is 9.53 Å². The molecule has 1 aromatic rings. The van der Waals surface area contributed by atoms with E-state index in [-0.39, 0.29) is 23.7 Å². The molecule has 1 aliphatic heterocycles. The van der Waals surface area contributed by atoms with Crippen LogP contribution in [0.3, 0.4) is 0 Å². The maximum absolute atomic E-state index is 13.8. The lowest BCUT2D eigenvalue weighted by molar-refractivity contribution is -0.143. The normalized spacial score (nSPS) is 24.1. The monoisotopic (exact) mass is 277 g/mol. The Bertz CT molecular complexity index is 485. The maximum atomic E-state index is 13.8. The third-order valence-electron chi connectivity index (χ3n) is 4.33. The van der Waals surface area contributed by atoms with Crippen LogP contribution in [0.15, 0.2) is 24.3 Å². The summed E-state index contributed by atoms with van der Waals surface area (Å²) in [5.74, 6) is 0.147. The minimum Gasteiger partial charge on any atom is -0.370 e. The number of nitrogens with zero attached hydrogens (tertiary/aromatic N) is 1. The van der Waals surface area contributed by atoms with Crippen LogP contribution in [0.4, 0.5) is 4.39 Å². The highest BCUT2D eigenvalue weighted by Crippen LogP contribution is 2.30. The van der Waals surface area contributed by atoms with Gasteiger partial charge in [-0.3, -0.25) is 4.79 Å². The summed E-state index contributed by atoms with van der Waals surface area (Å²) in [5, 5.41) is 0. The Kier molecular flexibility index (Phi) is 4.01. The average molecular weight is 277 g/mol. The van der Waals surface area contributed by atoms with Crippen LogP contribution in [0.2, 0.25) is 0 Å². The molecule has 3 rings (SSSR count). The summed E-state index contributed by atoms with van der Waals surface area (Å²) in [4.78, 5) is 14.3. The summed E-state index contributed by atoms with van der Waals surface area (Å²) in [6, 6.07) is 6.66. The summed E-state index contributed by atoms with van der Waals surface area (Å²) in [6.07, 6.45) is 3.96. The smallest absolute Gasteiger partial charge is 0.225 e. The van der Waals surface area contributed by atoms with Crippen LogP contribution >= 0.6 is 0 Å². The predicted octanol–water partition coefficient (Wildman–Crippen LogP) is 2.92. The second kappa shape index (κ2) is 5.92. The summed E-state index contributed by atoms with van der Waals surface area (Å²) in [6.45, 7) is 1.58. The van der Waals surface area contributed by atoms with Gasteiger partial charge in [-0.1, -0.05) is 31.0 Å². The van der Waals surface area contributed by atoms with Gasteiger partial charge in [-0.15, -0.1) is 0 Å². The Morgan fingerprint density at radius 3 is 2.75 bits per heavy atom. The van der Waals surface area contributed by atoms with E-state index in [0.29, 0.717) is 25.3 Å². The molecule has 1 amide bonds. The van der Waals surface area contributed by atoms with Gasteiger partial charge >= 0.3 is 0 Å². The molecule has 108 valence electrons. The van der Waals surface area contributed by atoms with E-state index >= 15 is 0 Å². The molecule has 0 spiro atoms. The number of morpholine rings is 1. The zero-order valence-corrected chi connectivity index (χ0v) is 11.6. The molecule has 1 heterocycles. The van der Waals surface area contributed by atoms with Crippen LogP contribution in [0, 0.1) is 11.7 Å². The first-order valence-electron chi connectivity index (χ1n) is 7.40. The summed E-state index contributed by atoms with van der Waals surface area (Å²) >= 11 is 0. The lowest BCUT2D eigenvalue weighted by Gasteiger charge is -2.34. The second-order valence-electron chi connectivity index (χ2n) is 5.65. The number of amides is 1. The van der Waals surface area contributed by atoms with E-state index in [4.69, 9.17) is 4.74 Å². The molecule has 0 unspecified atom stereocenters. The number of halogens is 1. The lowest BCUT2D eigenvalue weighted by Crippen LogP contribution is -2.44. The first-order chi connectivity index (χ1) is 9.75. The highest BCUT2D eigenvalue weighted by molar-refractivity contribution is 5.79. The fourth-order valence-electron chi connectivity index (χ4n) is 3.20. The second-order valence-corrected chi connectivity index (χ2v) is 5.65. The zero-order valence-electron chi connectivity index (χ0n) is 11.6. The largest absolute Gasteiger partial charge is 0.370 e. The Hall–Kier alpha value is -1.42. The molecular weight excluding hydrogens is 257 g/mol. The first-order valence-corrected chi connectivity index (χ1v) is 7.40. The van der Waals surface area contributed by atoms with Gasteiger partial charge in [0.05, 0.1) is 13.2 Å². The highest BCUT2D eigenvalue weighted by atomic mass is 19.1. The molecule has 0 aromatic heterocycles. The molecule has 1 saturated heterocycles. The Balaban J connectivity index is 1.70. The molecule has 2 fully saturated rings. The molecule has 1 atom stereocenters. The van der Waals surface area contributed by atoms with E-state index in [1.807, 2.05) is 4.90 Å². The van der Waals surface area contributed by atoms with Crippen molar-refractivity contribution in [2.45, 2.75) is 31.8 Å². The van der Waals surface area contributed by atoms with Gasteiger partial charge in [-0.05, 0) is 18.9 Å². The fraction of sp³-hybridized carbons (Fsp3) is 0.562. The third-order valence-corrected chi connectivity index (χ3v) is 4.33. The summed E-state index contributed by atoms with van der Waals surface area (Å²) in [7, 11) is 0. The van der Waals surface area contributed by atoms with Crippen molar-refractivity contribution >= 4 is 5.91 Å². The van der Waals surface area contributed by atoms with Crippen molar-refractivity contribution in [3.8, 4) is 0 Å². The molecule has 1 saturated carbocycles. The van der Waals surface area contributed by atoms with E-state index in [0.717, 1.165) is 25.7 Å². The molecule has 1 aromatic carbocycles. The van der Waals surface area contributed by atoms with Gasteiger partial charge < -0.3 is 9.64 Å². The first kappa shape index (κ1) is 13.6. The van der Waals surface area contributed by atoms with E-state index in [2.05, 4.69) is 0 Å². The van der Waals surface area contributed by atoms with Crippen molar-refractivity contribution in [2.75, 3.05) is 19.7 Å². The molecule has 0 bridgehead atoms. The van der Waals surface area contributed by atoms with Crippen molar-refractivity contribution in [3.63, 3.8) is 0 Å². The van der Waals surface area contributed by atoms with E-state index in [1.165, 1.54) is 6.07 Å².